The lowest BCUT2D eigenvalue weighted by Gasteiger charge is -2.22. The molecule has 0 saturated carbocycles. The van der Waals surface area contributed by atoms with E-state index in [9.17, 15) is 9.59 Å². The number of rotatable bonds is 6. The number of methoxy groups -OCH3 is 2. The Morgan fingerprint density at radius 3 is 2.68 bits per heavy atom. The minimum Gasteiger partial charge on any atom is -0.493 e. The van der Waals surface area contributed by atoms with Crippen LogP contribution in [0, 0.1) is 0 Å². The molecule has 5 rings (SSSR count). The van der Waals surface area contributed by atoms with E-state index in [0.29, 0.717) is 43.4 Å². The highest BCUT2D eigenvalue weighted by Crippen LogP contribution is 2.42. The summed E-state index contributed by atoms with van der Waals surface area (Å²) in [6.07, 6.45) is 3.30. The van der Waals surface area contributed by atoms with Crippen LogP contribution in [-0.4, -0.2) is 78.7 Å². The van der Waals surface area contributed by atoms with Crippen molar-refractivity contribution in [3.8, 4) is 28.4 Å². The Labute approximate surface area is 202 Å². The summed E-state index contributed by atoms with van der Waals surface area (Å²) in [6, 6.07) is 6.04. The summed E-state index contributed by atoms with van der Waals surface area (Å²) >= 11 is 1.60. The topological polar surface area (TPSA) is 76.9 Å². The third kappa shape index (κ3) is 3.99. The predicted molar refractivity (Wildman–Crippen MR) is 130 cm³/mol. The summed E-state index contributed by atoms with van der Waals surface area (Å²) in [5.41, 5.74) is 5.55. The maximum absolute atomic E-state index is 13.7. The zero-order valence-electron chi connectivity index (χ0n) is 19.5. The Morgan fingerprint density at radius 2 is 1.94 bits per heavy atom. The van der Waals surface area contributed by atoms with Gasteiger partial charge in [-0.3, -0.25) is 9.69 Å². The minimum absolute atomic E-state index is 0.0397. The molecule has 1 saturated heterocycles. The number of amides is 1. The second-order valence-electron chi connectivity index (χ2n) is 8.55. The lowest BCUT2D eigenvalue weighted by atomic mass is 9.88. The van der Waals surface area contributed by atoms with Gasteiger partial charge in [-0.15, -0.1) is 0 Å². The number of benzene rings is 1. The van der Waals surface area contributed by atoms with Crippen LogP contribution in [0.5, 0.6) is 11.5 Å². The van der Waals surface area contributed by atoms with E-state index < -0.39 is 0 Å². The van der Waals surface area contributed by atoms with Gasteiger partial charge in [0.25, 0.3) is 5.91 Å². The summed E-state index contributed by atoms with van der Waals surface area (Å²) in [5, 5.41) is 8.94. The molecule has 2 aromatic heterocycles. The van der Waals surface area contributed by atoms with Crippen molar-refractivity contribution in [2.24, 2.45) is 0 Å². The Hall–Kier alpha value is -3.17. The minimum atomic E-state index is -0.0397. The molecule has 2 aliphatic rings. The Bertz CT molecular complexity index is 1200. The monoisotopic (exact) mass is 480 g/mol. The van der Waals surface area contributed by atoms with E-state index in [1.54, 1.807) is 25.6 Å². The summed E-state index contributed by atoms with van der Waals surface area (Å²) in [5.74, 6) is 1.32. The molecule has 1 fully saturated rings. The van der Waals surface area contributed by atoms with Gasteiger partial charge < -0.3 is 19.2 Å². The zero-order valence-corrected chi connectivity index (χ0v) is 20.3. The molecule has 0 unspecified atom stereocenters. The van der Waals surface area contributed by atoms with Crippen molar-refractivity contribution >= 4 is 23.5 Å². The SMILES string of the molecule is COc1cc2c(cc1OC)-c1c(c(C(=O)N3CCCN(CC=O)CC3)nn1-c1ccsc1)CC2. The maximum atomic E-state index is 13.7. The third-order valence-electron chi connectivity index (χ3n) is 6.65. The van der Waals surface area contributed by atoms with Gasteiger partial charge in [-0.05, 0) is 48.4 Å². The molecule has 1 aromatic carbocycles. The van der Waals surface area contributed by atoms with Gasteiger partial charge in [0.2, 0.25) is 0 Å². The molecule has 1 amide bonds. The largest absolute Gasteiger partial charge is 0.493 e. The van der Waals surface area contributed by atoms with E-state index in [1.165, 1.54) is 0 Å². The highest BCUT2D eigenvalue weighted by molar-refractivity contribution is 7.08. The first-order valence-electron chi connectivity index (χ1n) is 11.5. The molecule has 0 N–H and O–H groups in total. The molecule has 178 valence electrons. The van der Waals surface area contributed by atoms with Crippen LogP contribution in [0.25, 0.3) is 16.9 Å². The van der Waals surface area contributed by atoms with Gasteiger partial charge in [0.05, 0.1) is 32.1 Å². The maximum Gasteiger partial charge on any atom is 0.274 e. The number of fused-ring (bicyclic) bond motifs is 3. The second kappa shape index (κ2) is 9.60. The van der Waals surface area contributed by atoms with Gasteiger partial charge in [0, 0.05) is 42.7 Å². The van der Waals surface area contributed by atoms with Crippen molar-refractivity contribution < 1.29 is 19.1 Å². The van der Waals surface area contributed by atoms with E-state index in [4.69, 9.17) is 14.6 Å². The van der Waals surface area contributed by atoms with Gasteiger partial charge in [-0.1, -0.05) is 0 Å². The van der Waals surface area contributed by atoms with Crippen LogP contribution < -0.4 is 9.47 Å². The fourth-order valence-corrected chi connectivity index (χ4v) is 5.53. The van der Waals surface area contributed by atoms with E-state index >= 15 is 0 Å². The van der Waals surface area contributed by atoms with Crippen LogP contribution in [0.1, 0.15) is 28.0 Å². The number of aldehydes is 1. The van der Waals surface area contributed by atoms with Gasteiger partial charge in [-0.25, -0.2) is 4.68 Å². The van der Waals surface area contributed by atoms with Crippen LogP contribution in [0.15, 0.2) is 29.0 Å². The fourth-order valence-electron chi connectivity index (χ4n) is 4.92. The molecule has 3 aromatic rings. The second-order valence-corrected chi connectivity index (χ2v) is 9.33. The average Bonchev–Trinajstić information content (AvgIpc) is 3.46. The molecule has 0 spiro atoms. The molecule has 34 heavy (non-hydrogen) atoms. The average molecular weight is 481 g/mol. The lowest BCUT2D eigenvalue weighted by molar-refractivity contribution is -0.108. The molecule has 0 radical (unpaired) electrons. The van der Waals surface area contributed by atoms with Gasteiger partial charge in [0.15, 0.2) is 17.2 Å². The first-order chi connectivity index (χ1) is 16.6. The molecule has 3 heterocycles. The molecule has 1 aliphatic heterocycles. The number of thiophene rings is 1. The molecular formula is C25H28N4O4S. The van der Waals surface area contributed by atoms with Crippen LogP contribution in [0.4, 0.5) is 0 Å². The van der Waals surface area contributed by atoms with Gasteiger partial charge >= 0.3 is 0 Å². The summed E-state index contributed by atoms with van der Waals surface area (Å²) in [7, 11) is 3.27. The summed E-state index contributed by atoms with van der Waals surface area (Å²) < 4.78 is 13.0. The molecule has 8 nitrogen and oxygen atoms in total. The van der Waals surface area contributed by atoms with E-state index in [0.717, 1.165) is 60.2 Å². The normalized spacial score (nSPS) is 15.9. The Kier molecular flexibility index (Phi) is 6.38. The Morgan fingerprint density at radius 1 is 1.12 bits per heavy atom. The number of carbonyl (C=O) groups excluding carboxylic acids is 2. The number of hydrogen-bond donors (Lipinski definition) is 0. The molecule has 0 atom stereocenters. The van der Waals surface area contributed by atoms with E-state index in [2.05, 4.69) is 4.90 Å². The quantitative estimate of drug-likeness (QED) is 0.505. The van der Waals surface area contributed by atoms with Gasteiger partial charge in [-0.2, -0.15) is 16.4 Å². The highest BCUT2D eigenvalue weighted by atomic mass is 32.1. The first-order valence-corrected chi connectivity index (χ1v) is 12.4. The molecule has 1 aliphatic carbocycles. The highest BCUT2D eigenvalue weighted by Gasteiger charge is 2.32. The van der Waals surface area contributed by atoms with Crippen LogP contribution in [0.2, 0.25) is 0 Å². The number of hydrogen-bond acceptors (Lipinski definition) is 7. The zero-order chi connectivity index (χ0) is 23.7. The first kappa shape index (κ1) is 22.6. The summed E-state index contributed by atoms with van der Waals surface area (Å²) in [6.45, 7) is 3.17. The number of aromatic nitrogens is 2. The van der Waals surface area contributed by atoms with Crippen LogP contribution >= 0.6 is 11.3 Å². The van der Waals surface area contributed by atoms with Crippen molar-refractivity contribution in [3.05, 3.63) is 45.8 Å². The predicted octanol–water partition coefficient (Wildman–Crippen LogP) is 3.06. The smallest absolute Gasteiger partial charge is 0.274 e. The standard InChI is InChI=1S/C25H28N4O4S/c1-32-21-14-17-4-5-19-23(25(31)28-8-3-7-27(9-10-28)11-12-30)26-29(18-6-13-34-16-18)24(19)20(17)15-22(21)33-2/h6,12-16H,3-5,7-11H2,1-2H3. The van der Waals surface area contributed by atoms with Crippen molar-refractivity contribution in [3.63, 3.8) is 0 Å². The van der Waals surface area contributed by atoms with Crippen molar-refractivity contribution in [1.82, 2.24) is 19.6 Å². The lowest BCUT2D eigenvalue weighted by Crippen LogP contribution is -2.36. The molecule has 9 heteroatoms. The fraction of sp³-hybridized carbons (Fsp3) is 0.400. The van der Waals surface area contributed by atoms with Crippen molar-refractivity contribution in [2.45, 2.75) is 19.3 Å². The van der Waals surface area contributed by atoms with Crippen molar-refractivity contribution in [1.29, 1.82) is 0 Å². The third-order valence-corrected chi connectivity index (χ3v) is 7.32. The number of aryl methyl sites for hydroxylation is 1. The number of nitrogens with zero attached hydrogens (tertiary/aromatic N) is 4. The van der Waals surface area contributed by atoms with Crippen LogP contribution in [0.3, 0.4) is 0 Å². The van der Waals surface area contributed by atoms with Crippen molar-refractivity contribution in [2.75, 3.05) is 46.9 Å². The Balaban J connectivity index is 1.58. The van der Waals surface area contributed by atoms with Gasteiger partial charge in [0.1, 0.15) is 6.29 Å². The van der Waals surface area contributed by atoms with E-state index in [1.807, 2.05) is 38.5 Å². The number of ether oxygens (including phenoxy) is 2. The molecule has 0 bridgehead atoms. The van der Waals surface area contributed by atoms with E-state index in [-0.39, 0.29) is 5.91 Å². The molecular weight excluding hydrogens is 452 g/mol. The number of carbonyl (C=O) groups is 2. The summed E-state index contributed by atoms with van der Waals surface area (Å²) in [4.78, 5) is 28.6. The van der Waals surface area contributed by atoms with Crippen LogP contribution in [-0.2, 0) is 17.6 Å².